The summed E-state index contributed by atoms with van der Waals surface area (Å²) in [4.78, 5) is 16.5. The number of benzene rings is 4. The van der Waals surface area contributed by atoms with Gasteiger partial charge in [0.1, 0.15) is 28.7 Å². The van der Waals surface area contributed by atoms with Crippen molar-refractivity contribution in [3.8, 4) is 11.5 Å². The van der Waals surface area contributed by atoms with E-state index in [-0.39, 0.29) is 70.0 Å². The van der Waals surface area contributed by atoms with Crippen LogP contribution in [0, 0.1) is 17.3 Å². The first-order valence-electron chi connectivity index (χ1n) is 16.7. The van der Waals surface area contributed by atoms with Crippen molar-refractivity contribution >= 4 is 115 Å². The number of halogens is 5. The van der Waals surface area contributed by atoms with Crippen molar-refractivity contribution in [2.24, 2.45) is 17.3 Å². The summed E-state index contributed by atoms with van der Waals surface area (Å²) in [7, 11) is 0. The average molecular weight is 853 g/mol. The van der Waals surface area contributed by atoms with Crippen LogP contribution in [0.2, 0.25) is 15.1 Å². The minimum absolute atomic E-state index is 0. The number of carbonyl (C=O) groups excluding carboxylic acids is 1. The molecule has 0 amide bonds. The Bertz CT molecular complexity index is 2190. The van der Waals surface area contributed by atoms with Crippen molar-refractivity contribution in [2.45, 2.75) is 39.7 Å². The molecule has 0 N–H and O–H groups in total. The number of rotatable bonds is 12. The molecule has 1 aliphatic carbocycles. The fraction of sp³-hybridized carbons (Fsp3) is 0.220. The molecule has 2 heterocycles. The predicted molar refractivity (Wildman–Crippen MR) is 224 cm³/mol. The summed E-state index contributed by atoms with van der Waals surface area (Å²) in [5, 5.41) is 5.17. The molecule has 0 aliphatic heterocycles. The minimum atomic E-state index is -0.238. The third-order valence-electron chi connectivity index (χ3n) is 9.05. The molecule has 276 valence electrons. The molecule has 0 spiro atoms. The SMILES string of the molecule is CC1(C)C(C=C(Cl)Cl)C1C(=O)OCc1cccc(Oc2ccccc2)c1.Clc1ccc(C(Cn2ccnc2)OCc2csc3c(Cl)cccc23)c(Cl)c1.[NaH]. The van der Waals surface area contributed by atoms with Gasteiger partial charge in [0.25, 0.3) is 0 Å². The summed E-state index contributed by atoms with van der Waals surface area (Å²) < 4.78 is 20.8. The zero-order valence-corrected chi connectivity index (χ0v) is 33.3. The Morgan fingerprint density at radius 2 is 1.69 bits per heavy atom. The molecular formula is C41H36Cl5N2NaO4S. The zero-order chi connectivity index (χ0) is 37.5. The Kier molecular flexibility index (Phi) is 15.4. The molecule has 6 nitrogen and oxygen atoms in total. The number of aromatic nitrogens is 2. The number of hydrogen-bond donors (Lipinski definition) is 0. The van der Waals surface area contributed by atoms with Gasteiger partial charge in [0.15, 0.2) is 0 Å². The molecule has 3 atom stereocenters. The van der Waals surface area contributed by atoms with Crippen molar-refractivity contribution in [3.05, 3.63) is 157 Å². The monoisotopic (exact) mass is 850 g/mol. The zero-order valence-electron chi connectivity index (χ0n) is 28.7. The predicted octanol–water partition coefficient (Wildman–Crippen LogP) is 12.5. The number of para-hydroxylation sites is 1. The first-order chi connectivity index (χ1) is 25.5. The second-order valence-corrected chi connectivity index (χ2v) is 16.2. The molecule has 1 aliphatic rings. The van der Waals surface area contributed by atoms with Crippen molar-refractivity contribution in [3.63, 3.8) is 0 Å². The summed E-state index contributed by atoms with van der Waals surface area (Å²) in [6, 6.07) is 28.4. The fourth-order valence-corrected chi connectivity index (χ4v) is 8.18. The summed E-state index contributed by atoms with van der Waals surface area (Å²) in [5.74, 6) is 1.01. The summed E-state index contributed by atoms with van der Waals surface area (Å²) >= 11 is 31.9. The molecule has 0 radical (unpaired) electrons. The van der Waals surface area contributed by atoms with Gasteiger partial charge in [-0.3, -0.25) is 4.79 Å². The third kappa shape index (κ3) is 11.1. The number of allylic oxidation sites excluding steroid dienone is 1. The maximum absolute atomic E-state index is 12.4. The number of carbonyl (C=O) groups is 1. The number of ether oxygens (including phenoxy) is 3. The van der Waals surface area contributed by atoms with E-state index in [1.54, 1.807) is 36.0 Å². The Balaban J connectivity index is 0.000000204. The molecule has 13 heteroatoms. The second-order valence-electron chi connectivity index (χ2n) is 13.1. The molecule has 54 heavy (non-hydrogen) atoms. The molecule has 4 aromatic carbocycles. The first kappa shape index (κ1) is 42.6. The Morgan fingerprint density at radius 1 is 0.926 bits per heavy atom. The van der Waals surface area contributed by atoms with Crippen LogP contribution in [0.25, 0.3) is 10.1 Å². The molecule has 6 aromatic rings. The van der Waals surface area contributed by atoms with E-state index in [1.807, 2.05) is 103 Å². The average Bonchev–Trinajstić information content (AvgIpc) is 3.52. The van der Waals surface area contributed by atoms with Crippen LogP contribution < -0.4 is 4.74 Å². The van der Waals surface area contributed by atoms with Gasteiger partial charge in [-0.2, -0.15) is 0 Å². The molecule has 1 saturated carbocycles. The standard InChI is InChI=1S/C21H20Cl2O3.C20H15Cl3N2OS.Na.H/c1-21(2)17(12-18(22)23)19(21)20(24)25-13-14-7-6-10-16(11-14)26-15-8-4-3-5-9-15;21-14-4-5-16(18(23)8-14)19(9-25-7-6-24-12-25)26-10-13-11-27-20-15(13)2-1-3-17(20)22;;/h3-12,17,19H,13H2,1-2H3;1-8,11-12,19H,9-10H2;;. The van der Waals surface area contributed by atoms with Crippen LogP contribution in [0.15, 0.2) is 126 Å². The quantitative estimate of drug-likeness (QED) is 0.0906. The normalized spacial score (nSPS) is 16.0. The van der Waals surface area contributed by atoms with E-state index in [9.17, 15) is 4.79 Å². The van der Waals surface area contributed by atoms with Gasteiger partial charge in [0.05, 0.1) is 35.1 Å². The van der Waals surface area contributed by atoms with Gasteiger partial charge < -0.3 is 18.8 Å². The molecule has 0 saturated heterocycles. The number of thiophene rings is 1. The van der Waals surface area contributed by atoms with Crippen LogP contribution in [0.1, 0.15) is 36.6 Å². The second kappa shape index (κ2) is 19.6. The molecule has 3 unspecified atom stereocenters. The third-order valence-corrected chi connectivity index (χ3v) is 11.4. The van der Waals surface area contributed by atoms with Crippen LogP contribution in [0.5, 0.6) is 11.5 Å². The molecular weight excluding hydrogens is 817 g/mol. The van der Waals surface area contributed by atoms with Crippen molar-refractivity contribution in [1.82, 2.24) is 9.55 Å². The van der Waals surface area contributed by atoms with Crippen LogP contribution in [0.4, 0.5) is 0 Å². The van der Waals surface area contributed by atoms with Gasteiger partial charge in [-0.05, 0) is 81.8 Å². The number of imidazole rings is 1. The van der Waals surface area contributed by atoms with Crippen molar-refractivity contribution in [2.75, 3.05) is 0 Å². The Labute approximate surface area is 366 Å². The Morgan fingerprint density at radius 3 is 2.41 bits per heavy atom. The molecule has 1 fully saturated rings. The van der Waals surface area contributed by atoms with E-state index in [0.717, 1.165) is 37.5 Å². The van der Waals surface area contributed by atoms with Gasteiger partial charge in [0.2, 0.25) is 0 Å². The van der Waals surface area contributed by atoms with Gasteiger partial charge >= 0.3 is 35.5 Å². The number of fused-ring (bicyclic) bond motifs is 1. The van der Waals surface area contributed by atoms with Crippen LogP contribution >= 0.6 is 69.3 Å². The van der Waals surface area contributed by atoms with Crippen molar-refractivity contribution < 1.29 is 19.0 Å². The van der Waals surface area contributed by atoms with Gasteiger partial charge in [0, 0.05) is 28.0 Å². The Hall–Kier alpha value is -2.53. The molecule has 0 bridgehead atoms. The van der Waals surface area contributed by atoms with Gasteiger partial charge in [-0.1, -0.05) is 120 Å². The van der Waals surface area contributed by atoms with E-state index >= 15 is 0 Å². The van der Waals surface area contributed by atoms with Crippen LogP contribution in [-0.4, -0.2) is 45.1 Å². The van der Waals surface area contributed by atoms with Crippen LogP contribution in [0.3, 0.4) is 0 Å². The van der Waals surface area contributed by atoms with E-state index in [2.05, 4.69) is 16.4 Å². The van der Waals surface area contributed by atoms with Crippen LogP contribution in [-0.2, 0) is 34.0 Å². The number of esters is 1. The molecule has 7 rings (SSSR count). The van der Waals surface area contributed by atoms with E-state index in [4.69, 9.17) is 72.2 Å². The number of hydrogen-bond acceptors (Lipinski definition) is 6. The topological polar surface area (TPSA) is 62.6 Å². The van der Waals surface area contributed by atoms with E-state index in [1.165, 1.54) is 0 Å². The molecule has 2 aromatic heterocycles. The van der Waals surface area contributed by atoms with E-state index < -0.39 is 0 Å². The van der Waals surface area contributed by atoms with Gasteiger partial charge in [-0.25, -0.2) is 4.98 Å². The maximum atomic E-state index is 12.4. The summed E-state index contributed by atoms with van der Waals surface area (Å²) in [6.07, 6.45) is 6.89. The van der Waals surface area contributed by atoms with E-state index in [0.29, 0.717) is 28.9 Å². The van der Waals surface area contributed by atoms with Gasteiger partial charge in [-0.15, -0.1) is 11.3 Å². The first-order valence-corrected chi connectivity index (χ1v) is 19.4. The van der Waals surface area contributed by atoms with Crippen molar-refractivity contribution in [1.29, 1.82) is 0 Å². The summed E-state index contributed by atoms with van der Waals surface area (Å²) in [5.41, 5.74) is 2.68. The fourth-order valence-electron chi connectivity index (χ4n) is 6.11. The number of nitrogens with zero attached hydrogens (tertiary/aromatic N) is 2. The summed E-state index contributed by atoms with van der Waals surface area (Å²) in [6.45, 7) is 5.27.